The largest absolute Gasteiger partial charge is 0.506 e. The summed E-state index contributed by atoms with van der Waals surface area (Å²) in [6.45, 7) is 0. The molecular formula is C15H9ClN2O3. The summed E-state index contributed by atoms with van der Waals surface area (Å²) in [5.74, 6) is -0.175. The van der Waals surface area contributed by atoms with Crippen molar-refractivity contribution in [2.75, 3.05) is 0 Å². The van der Waals surface area contributed by atoms with E-state index < -0.39 is 5.63 Å². The maximum Gasteiger partial charge on any atom is 0.348 e. The Morgan fingerprint density at radius 1 is 1.24 bits per heavy atom. The fourth-order valence-electron chi connectivity index (χ4n) is 1.87. The van der Waals surface area contributed by atoms with Crippen molar-refractivity contribution in [1.82, 2.24) is 4.98 Å². The van der Waals surface area contributed by atoms with Crippen molar-refractivity contribution in [1.29, 1.82) is 0 Å². The Morgan fingerprint density at radius 2 is 2.05 bits per heavy atom. The van der Waals surface area contributed by atoms with Gasteiger partial charge in [-0.25, -0.2) is 9.78 Å². The Bertz CT molecular complexity index is 903. The highest BCUT2D eigenvalue weighted by molar-refractivity contribution is 6.31. The topological polar surface area (TPSA) is 75.7 Å². The smallest absolute Gasteiger partial charge is 0.348 e. The molecule has 0 amide bonds. The number of rotatable bonds is 2. The van der Waals surface area contributed by atoms with Crippen LogP contribution in [-0.4, -0.2) is 16.3 Å². The Labute approximate surface area is 124 Å². The van der Waals surface area contributed by atoms with Crippen molar-refractivity contribution in [3.63, 3.8) is 0 Å². The van der Waals surface area contributed by atoms with E-state index in [0.717, 1.165) is 0 Å². The van der Waals surface area contributed by atoms with Gasteiger partial charge in [-0.15, -0.1) is 0 Å². The van der Waals surface area contributed by atoms with Gasteiger partial charge >= 0.3 is 5.63 Å². The maximum absolute atomic E-state index is 11.9. The van der Waals surface area contributed by atoms with Crippen LogP contribution in [0.3, 0.4) is 0 Å². The lowest BCUT2D eigenvalue weighted by molar-refractivity contribution is 0.466. The van der Waals surface area contributed by atoms with E-state index in [1.165, 1.54) is 12.4 Å². The predicted octanol–water partition coefficient (Wildman–Crippen LogP) is 3.30. The van der Waals surface area contributed by atoms with Gasteiger partial charge in [-0.2, -0.15) is 0 Å². The van der Waals surface area contributed by atoms with Crippen molar-refractivity contribution >= 4 is 34.5 Å². The molecule has 0 radical (unpaired) electrons. The Balaban J connectivity index is 2.13. The van der Waals surface area contributed by atoms with Gasteiger partial charge in [0.2, 0.25) is 0 Å². The Morgan fingerprint density at radius 3 is 2.86 bits per heavy atom. The van der Waals surface area contributed by atoms with E-state index in [4.69, 9.17) is 16.0 Å². The first-order chi connectivity index (χ1) is 10.2. The van der Waals surface area contributed by atoms with Gasteiger partial charge in [-0.3, -0.25) is 4.99 Å². The average Bonchev–Trinajstić information content (AvgIpc) is 2.49. The number of para-hydroxylation sites is 1. The zero-order chi connectivity index (χ0) is 14.8. The van der Waals surface area contributed by atoms with E-state index >= 15 is 0 Å². The quantitative estimate of drug-likeness (QED) is 0.447. The minimum Gasteiger partial charge on any atom is -0.506 e. The molecule has 0 aliphatic carbocycles. The lowest BCUT2D eigenvalue weighted by Crippen LogP contribution is -2.06. The number of halogens is 1. The third-order valence-corrected chi connectivity index (χ3v) is 3.18. The zero-order valence-corrected chi connectivity index (χ0v) is 11.4. The normalized spacial score (nSPS) is 11.3. The number of pyridine rings is 1. The Hall–Kier alpha value is -2.66. The van der Waals surface area contributed by atoms with Crippen molar-refractivity contribution < 1.29 is 9.52 Å². The summed E-state index contributed by atoms with van der Waals surface area (Å²) >= 11 is 5.88. The molecule has 3 aromatic rings. The summed E-state index contributed by atoms with van der Waals surface area (Å²) in [6, 6.07) is 10.0. The van der Waals surface area contributed by atoms with E-state index in [9.17, 15) is 9.90 Å². The molecule has 0 bridgehead atoms. The first-order valence-electron chi connectivity index (χ1n) is 6.06. The highest BCUT2D eigenvalue weighted by atomic mass is 35.5. The van der Waals surface area contributed by atoms with Crippen molar-refractivity contribution in [3.8, 4) is 5.75 Å². The van der Waals surface area contributed by atoms with Crippen molar-refractivity contribution in [3.05, 3.63) is 63.7 Å². The summed E-state index contributed by atoms with van der Waals surface area (Å²) in [7, 11) is 0. The molecule has 0 atom stereocenters. The SMILES string of the molecule is O=c1oc2ccccc2c(O)c1C=Nc1cccnc1Cl. The second kappa shape index (κ2) is 5.38. The van der Waals surface area contributed by atoms with E-state index in [1.54, 1.807) is 36.4 Å². The van der Waals surface area contributed by atoms with Crippen LogP contribution in [0.2, 0.25) is 5.15 Å². The lowest BCUT2D eigenvalue weighted by Gasteiger charge is -2.02. The summed E-state index contributed by atoms with van der Waals surface area (Å²) < 4.78 is 5.14. The molecule has 2 heterocycles. The van der Waals surface area contributed by atoms with E-state index in [-0.39, 0.29) is 16.5 Å². The molecule has 0 saturated carbocycles. The molecule has 1 aromatic carbocycles. The molecule has 21 heavy (non-hydrogen) atoms. The second-order valence-electron chi connectivity index (χ2n) is 4.22. The van der Waals surface area contributed by atoms with Crippen molar-refractivity contribution in [2.24, 2.45) is 4.99 Å². The molecule has 0 aliphatic rings. The van der Waals surface area contributed by atoms with Crippen LogP contribution in [0.15, 0.2) is 56.8 Å². The van der Waals surface area contributed by atoms with Gasteiger partial charge in [0.1, 0.15) is 22.6 Å². The maximum atomic E-state index is 11.9. The molecule has 5 nitrogen and oxygen atoms in total. The van der Waals surface area contributed by atoms with Gasteiger partial charge in [-0.1, -0.05) is 23.7 Å². The first kappa shape index (κ1) is 13.3. The molecule has 0 aliphatic heterocycles. The van der Waals surface area contributed by atoms with Crippen LogP contribution in [0.5, 0.6) is 5.75 Å². The second-order valence-corrected chi connectivity index (χ2v) is 4.58. The molecular weight excluding hydrogens is 292 g/mol. The Kier molecular flexibility index (Phi) is 3.41. The van der Waals surface area contributed by atoms with Crippen LogP contribution in [-0.2, 0) is 0 Å². The van der Waals surface area contributed by atoms with E-state index in [2.05, 4.69) is 9.98 Å². The molecule has 0 fully saturated rings. The van der Waals surface area contributed by atoms with Gasteiger partial charge in [0.15, 0.2) is 5.15 Å². The molecule has 6 heteroatoms. The number of hydrogen-bond acceptors (Lipinski definition) is 5. The van der Waals surface area contributed by atoms with Crippen LogP contribution < -0.4 is 5.63 Å². The zero-order valence-electron chi connectivity index (χ0n) is 10.7. The molecule has 0 unspecified atom stereocenters. The molecule has 2 aromatic heterocycles. The standard InChI is InChI=1S/C15H9ClN2O3/c16-14-11(5-3-7-17-14)18-8-10-13(19)9-4-1-2-6-12(9)21-15(10)20/h1-8,19H. The van der Waals surface area contributed by atoms with Gasteiger partial charge in [0, 0.05) is 12.4 Å². The van der Waals surface area contributed by atoms with Crippen LogP contribution in [0.25, 0.3) is 11.0 Å². The number of aliphatic imine (C=N–C) groups is 1. The third-order valence-electron chi connectivity index (χ3n) is 2.89. The molecule has 0 spiro atoms. The molecule has 0 saturated heterocycles. The number of hydrogen-bond donors (Lipinski definition) is 1. The molecule has 3 rings (SSSR count). The van der Waals surface area contributed by atoms with Gasteiger partial charge < -0.3 is 9.52 Å². The summed E-state index contributed by atoms with van der Waals surface area (Å²) in [6.07, 6.45) is 2.75. The molecule has 1 N–H and O–H groups in total. The number of aromatic hydroxyl groups is 1. The monoisotopic (exact) mass is 300 g/mol. The lowest BCUT2D eigenvalue weighted by atomic mass is 10.1. The van der Waals surface area contributed by atoms with E-state index in [0.29, 0.717) is 16.7 Å². The fourth-order valence-corrected chi connectivity index (χ4v) is 2.04. The number of fused-ring (bicyclic) bond motifs is 1. The number of aromatic nitrogens is 1. The summed E-state index contributed by atoms with van der Waals surface area (Å²) in [5, 5.41) is 10.8. The highest BCUT2D eigenvalue weighted by Gasteiger charge is 2.11. The first-order valence-corrected chi connectivity index (χ1v) is 6.44. The van der Waals surface area contributed by atoms with Crippen LogP contribution in [0, 0.1) is 0 Å². The van der Waals surface area contributed by atoms with Crippen LogP contribution in [0.1, 0.15) is 5.56 Å². The van der Waals surface area contributed by atoms with Gasteiger partial charge in [0.25, 0.3) is 0 Å². The summed E-state index contributed by atoms with van der Waals surface area (Å²) in [5.41, 5.74) is 0.00580. The average molecular weight is 301 g/mol. The van der Waals surface area contributed by atoms with Gasteiger partial charge in [0.05, 0.1) is 5.39 Å². The third kappa shape index (κ3) is 2.51. The predicted molar refractivity (Wildman–Crippen MR) is 80.6 cm³/mol. The highest BCUT2D eigenvalue weighted by Crippen LogP contribution is 2.26. The summed E-state index contributed by atoms with van der Waals surface area (Å²) in [4.78, 5) is 19.8. The van der Waals surface area contributed by atoms with Crippen LogP contribution in [0.4, 0.5) is 5.69 Å². The van der Waals surface area contributed by atoms with Gasteiger partial charge in [-0.05, 0) is 24.3 Å². The fraction of sp³-hybridized carbons (Fsp3) is 0. The van der Waals surface area contributed by atoms with Crippen molar-refractivity contribution in [2.45, 2.75) is 0 Å². The minimum absolute atomic E-state index is 0.0337. The van der Waals surface area contributed by atoms with E-state index in [1.807, 2.05) is 0 Å². The molecule has 104 valence electrons. The number of nitrogens with zero attached hydrogens (tertiary/aromatic N) is 2. The number of benzene rings is 1. The minimum atomic E-state index is -0.671. The van der Waals surface area contributed by atoms with Crippen LogP contribution >= 0.6 is 11.6 Å².